The van der Waals surface area contributed by atoms with Gasteiger partial charge in [-0.15, -0.1) is 0 Å². The van der Waals surface area contributed by atoms with Crippen molar-refractivity contribution in [2.75, 3.05) is 88.4 Å². The first-order chi connectivity index (χ1) is 67.7. The van der Waals surface area contributed by atoms with Crippen molar-refractivity contribution in [3.05, 3.63) is 272 Å². The number of allylic oxidation sites excluding steroid dienone is 19. The predicted octanol–water partition coefficient (Wildman–Crippen LogP) is 28.9. The third kappa shape index (κ3) is 31.6. The van der Waals surface area contributed by atoms with Crippen LogP contribution in [-0.4, -0.2) is 118 Å². The van der Waals surface area contributed by atoms with Crippen LogP contribution in [0.4, 0.5) is 68.2 Å². The minimum Gasteiger partial charge on any atom is -0.508 e. The summed E-state index contributed by atoms with van der Waals surface area (Å²) in [5.41, 5.74) is 20.2. The van der Waals surface area contributed by atoms with E-state index in [4.69, 9.17) is 18.9 Å². The molecule has 8 aromatic rings. The van der Waals surface area contributed by atoms with Crippen LogP contribution >= 0.6 is 0 Å². The summed E-state index contributed by atoms with van der Waals surface area (Å²) in [7, 11) is 4.61. The monoisotopic (exact) mass is 1940 g/mol. The number of phenolic OH excluding ortho intramolecular Hbond substituents is 8. The topological polar surface area (TPSA) is 345 Å². The number of hydrogen-bond acceptors (Lipinski definition) is 21. The van der Waals surface area contributed by atoms with Gasteiger partial charge in [-0.25, -0.2) is 0 Å². The Balaban J connectivity index is 0.000000211. The van der Waals surface area contributed by atoms with Gasteiger partial charge < -0.3 is 101 Å². The van der Waals surface area contributed by atoms with Crippen LogP contribution in [0.5, 0.6) is 69.0 Å². The molecule has 0 saturated heterocycles. The Morgan fingerprint density at radius 2 is 0.585 bits per heavy atom. The minimum atomic E-state index is -0.542. The molecule has 4 heterocycles. The summed E-state index contributed by atoms with van der Waals surface area (Å²) in [6, 6.07) is 31.6. The fourth-order valence-corrected chi connectivity index (χ4v) is 16.6. The number of esters is 1. The van der Waals surface area contributed by atoms with E-state index in [1.807, 2.05) is 19.1 Å². The van der Waals surface area contributed by atoms with Gasteiger partial charge in [0.15, 0.2) is 0 Å². The molecule has 4 aliphatic heterocycles. The first-order valence-electron chi connectivity index (χ1n) is 48.7. The molecule has 4 amide bonds. The highest BCUT2D eigenvalue weighted by Crippen LogP contribution is 2.52. The SMILES string of the molecule is CC(=O)Oc1cc(O)c2c(c1)N(C/C=C(\C)CC/C=C(\C)CCC=C(C)C)C(=O)c1cccc(O)c1N2.CC(C)=CCC/C(C)=C/CCC(C)CCN1C(=O)c2cccc(O)c2Nc2c(O)cc(O)cc21.COc1cc(O)c2c(c1)N(C/C=C(\C)CC/C=C(\C)CCC=C(C)C)C(=O)c1cccc(O)c1N2.COc1cc(O)c2c(c1)N(C/C=C(\C)CC/C=C(\C)CCC=C(C)C)C(=O)c1cccc(OC)c1N2. The summed E-state index contributed by atoms with van der Waals surface area (Å²) in [5.74, 6) is -0.545. The van der Waals surface area contributed by atoms with E-state index in [1.165, 1.54) is 136 Å². The maximum absolute atomic E-state index is 13.7. The van der Waals surface area contributed by atoms with Gasteiger partial charge >= 0.3 is 5.97 Å². The van der Waals surface area contributed by atoms with Gasteiger partial charge in [-0.1, -0.05) is 159 Å². The smallest absolute Gasteiger partial charge is 0.308 e. The Hall–Kier alpha value is -14.8. The first-order valence-corrected chi connectivity index (χ1v) is 48.7. The number of nitrogens with one attached hydrogen (secondary N) is 4. The highest BCUT2D eigenvalue weighted by Gasteiger charge is 2.36. The molecule has 0 aliphatic carbocycles. The van der Waals surface area contributed by atoms with E-state index < -0.39 is 5.97 Å². The number of aromatic hydroxyl groups is 8. The van der Waals surface area contributed by atoms with Gasteiger partial charge in [0, 0.05) is 81.6 Å². The average molecular weight is 1940 g/mol. The molecule has 0 bridgehead atoms. The van der Waals surface area contributed by atoms with E-state index in [-0.39, 0.29) is 116 Å². The number of carbonyl (C=O) groups excluding carboxylic acids is 5. The number of anilines is 12. The molecule has 0 fully saturated rings. The van der Waals surface area contributed by atoms with Gasteiger partial charge in [-0.3, -0.25) is 24.0 Å². The number of ether oxygens (including phenoxy) is 4. The molecular formula is C117H146N8O17. The third-order valence-electron chi connectivity index (χ3n) is 24.8. The van der Waals surface area contributed by atoms with Gasteiger partial charge in [0.2, 0.25) is 0 Å². The average Bonchev–Trinajstić information content (AvgIpc) is 1.64. The molecule has 1 unspecified atom stereocenters. The standard InChI is InChI=1S/C30H36N2O5.C30H38N2O4.C29H36N2O4.C28H36N2O4/c1-19(2)9-6-10-20(3)11-7-12-21(4)15-16-32-25-17-23(37-22(5)33)18-27(35)29(25)31-28-24(30(32)36)13-8-14-26(28)34;1-20(2)10-7-11-21(3)12-8-13-22(4)16-17-32-25-18-23(35-5)19-26(33)29(25)31-28-24(30(32)34)14-9-15-27(28)36-6;1-19(2)9-6-10-20(3)11-7-12-21(4)15-16-31-24-17-22(35-5)18-26(33)28(24)30-27-23(29(31)34)13-8-14-25(27)32;1-18(2)8-5-9-19(3)10-6-11-20(4)14-15-30-23-16-21(31)17-25(33)27(23)29-26-22(28(30)34)12-7-13-24(26)32/h8-9,11,13-15,17-18,31,34-35H,6-7,10,12,16H2,1-5H3;9-10,12,14-16,18-19,31,33H,7-8,11,13,17H2,1-6H3;8-9,11,13-15,17-18,30,32-33H,6-7,10,12,16H2,1-5H3;7-8,10,12-13,16-17,20,29,31-33H,5-6,9,11,14-15H2,1-4H3/b20-11+,21-15+;21-12+,22-16+;20-11+,21-15+;19-10+. The quantitative estimate of drug-likeness (QED) is 0.00566. The van der Waals surface area contributed by atoms with E-state index in [0.29, 0.717) is 99.3 Å². The maximum Gasteiger partial charge on any atom is 0.308 e. The number of methoxy groups -OCH3 is 3. The molecule has 25 nitrogen and oxygen atoms in total. The summed E-state index contributed by atoms with van der Waals surface area (Å²) < 4.78 is 21.4. The lowest BCUT2D eigenvalue weighted by Gasteiger charge is -2.25. The Morgan fingerprint density at radius 1 is 0.303 bits per heavy atom. The van der Waals surface area contributed by atoms with Crippen LogP contribution in [0.15, 0.2) is 249 Å². The van der Waals surface area contributed by atoms with Crippen molar-refractivity contribution in [1.82, 2.24) is 0 Å². The zero-order valence-corrected chi connectivity index (χ0v) is 86.4. The molecule has 0 radical (unpaired) electrons. The van der Waals surface area contributed by atoms with Gasteiger partial charge in [-0.05, 0) is 267 Å². The number of amides is 4. The van der Waals surface area contributed by atoms with Gasteiger partial charge in [0.25, 0.3) is 23.6 Å². The first kappa shape index (κ1) is 111. The molecule has 0 saturated carbocycles. The predicted molar refractivity (Wildman–Crippen MR) is 577 cm³/mol. The second-order valence-corrected chi connectivity index (χ2v) is 37.8. The van der Waals surface area contributed by atoms with Crippen molar-refractivity contribution >= 4 is 97.8 Å². The zero-order chi connectivity index (χ0) is 104. The summed E-state index contributed by atoms with van der Waals surface area (Å²) in [5, 5.41) is 96.1. The van der Waals surface area contributed by atoms with Crippen molar-refractivity contribution in [2.24, 2.45) is 5.92 Å². The van der Waals surface area contributed by atoms with Crippen LogP contribution in [-0.2, 0) is 4.79 Å². The number of fused-ring (bicyclic) bond motifs is 8. The number of carbonyl (C=O) groups is 5. The summed E-state index contributed by atoms with van der Waals surface area (Å²) >= 11 is 0. The van der Waals surface area contributed by atoms with Gasteiger partial charge in [0.1, 0.15) is 91.7 Å². The Morgan fingerprint density at radius 3 is 0.915 bits per heavy atom. The molecule has 0 spiro atoms. The van der Waals surface area contributed by atoms with Crippen molar-refractivity contribution in [2.45, 2.75) is 227 Å². The van der Waals surface area contributed by atoms with E-state index in [9.17, 15) is 64.8 Å². The number of rotatable bonds is 37. The molecular weight excluding hydrogens is 1790 g/mol. The van der Waals surface area contributed by atoms with Gasteiger partial charge in [0.05, 0.1) is 89.1 Å². The minimum absolute atomic E-state index is 0.00432. The molecule has 756 valence electrons. The van der Waals surface area contributed by atoms with Crippen molar-refractivity contribution in [3.8, 4) is 69.0 Å². The highest BCUT2D eigenvalue weighted by molar-refractivity contribution is 6.18. The number of benzene rings is 8. The number of para-hydroxylation sites is 4. The van der Waals surface area contributed by atoms with Crippen LogP contribution in [0.1, 0.15) is 268 Å². The van der Waals surface area contributed by atoms with E-state index >= 15 is 0 Å². The molecule has 0 aromatic heterocycles. The van der Waals surface area contributed by atoms with Crippen LogP contribution in [0.2, 0.25) is 0 Å². The maximum atomic E-state index is 13.7. The number of phenols is 8. The fraction of sp³-hybridized carbons (Fsp3) is 0.359. The molecule has 8 aromatic carbocycles. The molecule has 4 aliphatic rings. The molecule has 25 heteroatoms. The lowest BCUT2D eigenvalue weighted by atomic mass is 9.99. The number of hydrogen-bond donors (Lipinski definition) is 12. The largest absolute Gasteiger partial charge is 0.508 e. The zero-order valence-electron chi connectivity index (χ0n) is 86.4. The van der Waals surface area contributed by atoms with Crippen LogP contribution in [0, 0.1) is 5.92 Å². The third-order valence-corrected chi connectivity index (χ3v) is 24.8. The second kappa shape index (κ2) is 53.6. The van der Waals surface area contributed by atoms with Crippen molar-refractivity contribution in [1.29, 1.82) is 0 Å². The van der Waals surface area contributed by atoms with E-state index in [0.717, 1.165) is 115 Å². The van der Waals surface area contributed by atoms with Crippen LogP contribution < -0.4 is 59.8 Å². The van der Waals surface area contributed by atoms with Crippen LogP contribution in [0.25, 0.3) is 0 Å². The molecule has 12 rings (SSSR count). The molecule has 1 atom stereocenters. The lowest BCUT2D eigenvalue weighted by molar-refractivity contribution is -0.131. The Kier molecular flexibility index (Phi) is 41.8. The number of nitrogens with zero attached hydrogens (tertiary/aromatic N) is 4. The lowest BCUT2D eigenvalue weighted by Crippen LogP contribution is -2.32. The van der Waals surface area contributed by atoms with Crippen molar-refractivity contribution in [3.63, 3.8) is 0 Å². The van der Waals surface area contributed by atoms with Crippen molar-refractivity contribution < 1.29 is 83.8 Å². The van der Waals surface area contributed by atoms with E-state index in [2.05, 4.69) is 180 Å². The van der Waals surface area contributed by atoms with Crippen LogP contribution in [0.3, 0.4) is 0 Å². The van der Waals surface area contributed by atoms with E-state index in [1.54, 1.807) is 88.5 Å². The molecule has 12 N–H and O–H groups in total. The fourth-order valence-electron chi connectivity index (χ4n) is 16.6. The summed E-state index contributed by atoms with van der Waals surface area (Å²) in [6.45, 7) is 36.6. The highest BCUT2D eigenvalue weighted by atomic mass is 16.5. The Labute approximate surface area is 838 Å². The summed E-state index contributed by atoms with van der Waals surface area (Å²) in [6.07, 6.45) is 41.1. The second-order valence-electron chi connectivity index (χ2n) is 37.8. The Bertz CT molecular complexity index is 6220. The molecule has 142 heavy (non-hydrogen) atoms. The van der Waals surface area contributed by atoms with Gasteiger partial charge in [-0.2, -0.15) is 0 Å². The summed E-state index contributed by atoms with van der Waals surface area (Å²) in [4.78, 5) is 72.2. The normalized spacial score (nSPS) is 13.6.